The lowest BCUT2D eigenvalue weighted by Crippen LogP contribution is -2.23. The van der Waals surface area contributed by atoms with Crippen LogP contribution in [0.5, 0.6) is 0 Å². The molecule has 1 aromatic carbocycles. The minimum Gasteiger partial charge on any atom is -0.375 e. The number of carbonyl (C=O) groups is 1. The van der Waals surface area contributed by atoms with Gasteiger partial charge in [-0.2, -0.15) is 0 Å². The zero-order chi connectivity index (χ0) is 12.8. The normalized spacial score (nSPS) is 10.6. The summed E-state index contributed by atoms with van der Waals surface area (Å²) in [5, 5.41) is 0.511. The Labute approximate surface area is 108 Å². The van der Waals surface area contributed by atoms with Gasteiger partial charge in [-0.3, -0.25) is 4.79 Å². The molecule has 94 valence electrons. The fraction of sp³-hybridized carbons (Fsp3) is 0.462. The number of carbonyl (C=O) groups excluding carboxylic acids is 1. The average molecular weight is 255 g/mol. The van der Waals surface area contributed by atoms with Gasteiger partial charge in [-0.15, -0.1) is 0 Å². The zero-order valence-corrected chi connectivity index (χ0v) is 11.4. The molecule has 0 fully saturated rings. The van der Waals surface area contributed by atoms with Crippen molar-refractivity contribution in [2.45, 2.75) is 6.42 Å². The Kier molecular flexibility index (Phi) is 5.45. The highest BCUT2D eigenvalue weighted by molar-refractivity contribution is 6.33. The van der Waals surface area contributed by atoms with Gasteiger partial charge >= 0.3 is 0 Å². The van der Waals surface area contributed by atoms with E-state index < -0.39 is 0 Å². The summed E-state index contributed by atoms with van der Waals surface area (Å²) >= 11 is 5.99. The van der Waals surface area contributed by atoms with Crippen LogP contribution >= 0.6 is 11.6 Å². The molecule has 4 heteroatoms. The topological polar surface area (TPSA) is 23.6 Å². The maximum absolute atomic E-state index is 10.7. The Morgan fingerprint density at radius 1 is 1.24 bits per heavy atom. The maximum Gasteiger partial charge on any atom is 0.151 e. The fourth-order valence-electron chi connectivity index (χ4n) is 1.60. The van der Waals surface area contributed by atoms with Crippen molar-refractivity contribution in [2.75, 3.05) is 39.1 Å². The van der Waals surface area contributed by atoms with Crippen molar-refractivity contribution in [3.63, 3.8) is 0 Å². The van der Waals surface area contributed by atoms with Gasteiger partial charge in [-0.25, -0.2) is 0 Å². The first-order valence-electron chi connectivity index (χ1n) is 5.65. The first kappa shape index (κ1) is 14.0. The van der Waals surface area contributed by atoms with E-state index >= 15 is 0 Å². The van der Waals surface area contributed by atoms with E-state index in [4.69, 9.17) is 11.6 Å². The third-order valence-electron chi connectivity index (χ3n) is 2.65. The molecule has 0 radical (unpaired) electrons. The Morgan fingerprint density at radius 3 is 2.47 bits per heavy atom. The molecule has 0 spiro atoms. The predicted octanol–water partition coefficient (Wildman–Crippen LogP) is 2.54. The van der Waals surface area contributed by atoms with E-state index in [1.807, 2.05) is 19.2 Å². The quantitative estimate of drug-likeness (QED) is 0.729. The molecule has 0 unspecified atom stereocenters. The van der Waals surface area contributed by atoms with Crippen molar-refractivity contribution in [3.05, 3.63) is 28.8 Å². The van der Waals surface area contributed by atoms with Gasteiger partial charge in [0.05, 0.1) is 5.02 Å². The van der Waals surface area contributed by atoms with Crippen molar-refractivity contribution < 1.29 is 4.79 Å². The molecule has 0 saturated heterocycles. The number of hydrogen-bond acceptors (Lipinski definition) is 3. The molecular formula is C13H19ClN2O. The van der Waals surface area contributed by atoms with E-state index in [1.165, 1.54) is 0 Å². The Morgan fingerprint density at radius 2 is 1.94 bits per heavy atom. The summed E-state index contributed by atoms with van der Waals surface area (Å²) in [6.45, 7) is 2.03. The first-order chi connectivity index (χ1) is 8.04. The summed E-state index contributed by atoms with van der Waals surface area (Å²) in [7, 11) is 6.16. The van der Waals surface area contributed by atoms with Gasteiger partial charge in [0.15, 0.2) is 6.29 Å². The number of benzene rings is 1. The van der Waals surface area contributed by atoms with Gasteiger partial charge in [0.25, 0.3) is 0 Å². The Hall–Kier alpha value is -1.06. The SMILES string of the molecule is CN(C)CCCN(C)c1ccc(C=O)c(Cl)c1. The standard InChI is InChI=1S/C13H19ClN2O/c1-15(2)7-4-8-16(3)12-6-5-11(10-17)13(14)9-12/h5-6,9-10H,4,7-8H2,1-3H3. The smallest absolute Gasteiger partial charge is 0.151 e. The maximum atomic E-state index is 10.7. The van der Waals surface area contributed by atoms with Gasteiger partial charge in [-0.1, -0.05) is 11.6 Å². The van der Waals surface area contributed by atoms with Gasteiger partial charge < -0.3 is 9.80 Å². The lowest BCUT2D eigenvalue weighted by atomic mass is 10.2. The van der Waals surface area contributed by atoms with Crippen LogP contribution in [0.25, 0.3) is 0 Å². The van der Waals surface area contributed by atoms with Crippen LogP contribution in [-0.4, -0.2) is 45.4 Å². The van der Waals surface area contributed by atoms with E-state index in [0.29, 0.717) is 10.6 Å². The molecule has 0 saturated carbocycles. The third kappa shape index (κ3) is 4.36. The van der Waals surface area contributed by atoms with Crippen molar-refractivity contribution in [1.29, 1.82) is 0 Å². The fourth-order valence-corrected chi connectivity index (χ4v) is 1.82. The van der Waals surface area contributed by atoms with E-state index in [2.05, 4.69) is 23.9 Å². The summed E-state index contributed by atoms with van der Waals surface area (Å²) in [5.41, 5.74) is 1.58. The Bertz CT molecular complexity index is 380. The van der Waals surface area contributed by atoms with Crippen LogP contribution in [-0.2, 0) is 0 Å². The average Bonchev–Trinajstić information content (AvgIpc) is 2.28. The number of rotatable bonds is 6. The van der Waals surface area contributed by atoms with Gasteiger partial charge in [0.2, 0.25) is 0 Å². The van der Waals surface area contributed by atoms with E-state index in [9.17, 15) is 4.79 Å². The lowest BCUT2D eigenvalue weighted by Gasteiger charge is -2.20. The number of nitrogens with zero attached hydrogens (tertiary/aromatic N) is 2. The van der Waals surface area contributed by atoms with Crippen molar-refractivity contribution >= 4 is 23.6 Å². The molecule has 0 bridgehead atoms. The first-order valence-corrected chi connectivity index (χ1v) is 6.03. The van der Waals surface area contributed by atoms with E-state index in [-0.39, 0.29) is 0 Å². The van der Waals surface area contributed by atoms with E-state index in [1.54, 1.807) is 6.07 Å². The molecule has 1 aromatic rings. The molecule has 0 atom stereocenters. The second-order valence-electron chi connectivity index (χ2n) is 4.40. The molecule has 0 aliphatic rings. The summed E-state index contributed by atoms with van der Waals surface area (Å²) in [5.74, 6) is 0. The van der Waals surface area contributed by atoms with Crippen LogP contribution in [0.1, 0.15) is 16.8 Å². The molecule has 0 aliphatic carbocycles. The molecule has 0 N–H and O–H groups in total. The minimum absolute atomic E-state index is 0.511. The number of anilines is 1. The summed E-state index contributed by atoms with van der Waals surface area (Å²) in [4.78, 5) is 15.0. The van der Waals surface area contributed by atoms with Crippen LogP contribution in [0.2, 0.25) is 5.02 Å². The van der Waals surface area contributed by atoms with Crippen molar-refractivity contribution in [2.24, 2.45) is 0 Å². The van der Waals surface area contributed by atoms with Gasteiger partial charge in [0.1, 0.15) is 0 Å². The molecular weight excluding hydrogens is 236 g/mol. The molecule has 0 heterocycles. The molecule has 0 amide bonds. The second-order valence-corrected chi connectivity index (χ2v) is 4.81. The lowest BCUT2D eigenvalue weighted by molar-refractivity contribution is 0.112. The molecule has 0 aromatic heterocycles. The minimum atomic E-state index is 0.511. The van der Waals surface area contributed by atoms with Crippen LogP contribution in [0.3, 0.4) is 0 Å². The predicted molar refractivity (Wildman–Crippen MR) is 73.3 cm³/mol. The second kappa shape index (κ2) is 6.62. The monoisotopic (exact) mass is 254 g/mol. The number of halogens is 1. The van der Waals surface area contributed by atoms with Crippen LogP contribution in [0, 0.1) is 0 Å². The summed E-state index contributed by atoms with van der Waals surface area (Å²) in [6, 6.07) is 5.51. The zero-order valence-electron chi connectivity index (χ0n) is 10.6. The Balaban J connectivity index is 2.60. The molecule has 1 rings (SSSR count). The highest BCUT2D eigenvalue weighted by Crippen LogP contribution is 2.22. The van der Waals surface area contributed by atoms with Crippen LogP contribution in [0.15, 0.2) is 18.2 Å². The third-order valence-corrected chi connectivity index (χ3v) is 2.98. The number of hydrogen-bond donors (Lipinski definition) is 0. The van der Waals surface area contributed by atoms with Crippen molar-refractivity contribution in [1.82, 2.24) is 4.90 Å². The number of aldehydes is 1. The molecule has 3 nitrogen and oxygen atoms in total. The highest BCUT2D eigenvalue weighted by Gasteiger charge is 2.05. The van der Waals surface area contributed by atoms with Crippen LogP contribution < -0.4 is 4.90 Å². The summed E-state index contributed by atoms with van der Waals surface area (Å²) in [6.07, 6.45) is 1.87. The molecule has 0 aliphatic heterocycles. The molecule has 17 heavy (non-hydrogen) atoms. The van der Waals surface area contributed by atoms with Crippen molar-refractivity contribution in [3.8, 4) is 0 Å². The summed E-state index contributed by atoms with van der Waals surface area (Å²) < 4.78 is 0. The largest absolute Gasteiger partial charge is 0.375 e. The van der Waals surface area contributed by atoms with Gasteiger partial charge in [0, 0.05) is 24.8 Å². The highest BCUT2D eigenvalue weighted by atomic mass is 35.5. The van der Waals surface area contributed by atoms with Crippen LogP contribution in [0.4, 0.5) is 5.69 Å². The van der Waals surface area contributed by atoms with E-state index in [0.717, 1.165) is 31.5 Å². The van der Waals surface area contributed by atoms with Gasteiger partial charge in [-0.05, 0) is 45.3 Å².